The number of nitrogens with one attached hydrogen (secondary N) is 1. The van der Waals surface area contributed by atoms with Gasteiger partial charge in [0.1, 0.15) is 5.75 Å². The van der Waals surface area contributed by atoms with Crippen LogP contribution in [0.4, 0.5) is 5.69 Å². The lowest BCUT2D eigenvalue weighted by Gasteiger charge is -2.13. The smallest absolute Gasteiger partial charge is 0.224 e. The number of halogens is 1. The molecule has 0 saturated heterocycles. The Balaban J connectivity index is 2.54. The fourth-order valence-electron chi connectivity index (χ4n) is 1.54. The molecule has 106 valence electrons. The summed E-state index contributed by atoms with van der Waals surface area (Å²) in [5.74, 6) is 1.78. The minimum atomic E-state index is 0.00529. The lowest BCUT2D eigenvalue weighted by molar-refractivity contribution is -0.116. The predicted octanol–water partition coefficient (Wildman–Crippen LogP) is 4.07. The van der Waals surface area contributed by atoms with E-state index in [2.05, 4.69) is 19.2 Å². The number of unbranched alkanes of at least 4 members (excludes halogenated alkanes) is 1. The molecule has 1 N–H and O–H groups in total. The average Bonchev–Trinajstić information content (AvgIpc) is 2.38. The number of anilines is 1. The molecule has 0 aromatic heterocycles. The molecule has 1 amide bonds. The third-order valence-corrected chi connectivity index (χ3v) is 2.79. The molecule has 1 aromatic carbocycles. The van der Waals surface area contributed by atoms with E-state index >= 15 is 0 Å². The molecule has 0 radical (unpaired) electrons. The Hall–Kier alpha value is -1.22. The van der Waals surface area contributed by atoms with Crippen molar-refractivity contribution in [3.8, 4) is 5.75 Å². The van der Waals surface area contributed by atoms with Crippen LogP contribution in [-0.4, -0.2) is 18.4 Å². The maximum atomic E-state index is 11.8. The number of hydrogen-bond acceptors (Lipinski definition) is 2. The van der Waals surface area contributed by atoms with Gasteiger partial charge in [0.05, 0.1) is 12.3 Å². The van der Waals surface area contributed by atoms with Gasteiger partial charge in [0.2, 0.25) is 5.91 Å². The molecule has 19 heavy (non-hydrogen) atoms. The lowest BCUT2D eigenvalue weighted by atomic mass is 10.2. The molecular weight excluding hydrogens is 262 g/mol. The maximum absolute atomic E-state index is 11.8. The first-order valence-corrected chi connectivity index (χ1v) is 7.24. The van der Waals surface area contributed by atoms with Crippen molar-refractivity contribution in [2.45, 2.75) is 33.1 Å². The highest BCUT2D eigenvalue weighted by Gasteiger charge is 2.07. The minimum Gasteiger partial charge on any atom is -0.491 e. The Bertz CT molecular complexity index is 393. The van der Waals surface area contributed by atoms with Crippen LogP contribution >= 0.6 is 11.6 Å². The number of ether oxygens (including phenoxy) is 1. The van der Waals surface area contributed by atoms with E-state index in [0.29, 0.717) is 24.8 Å². The summed E-state index contributed by atoms with van der Waals surface area (Å²) in [7, 11) is 0. The number of amides is 1. The first-order chi connectivity index (χ1) is 9.13. The number of para-hydroxylation sites is 2. The van der Waals surface area contributed by atoms with Gasteiger partial charge in [0.25, 0.3) is 0 Å². The van der Waals surface area contributed by atoms with Gasteiger partial charge in [-0.1, -0.05) is 26.0 Å². The quantitative estimate of drug-likeness (QED) is 0.577. The monoisotopic (exact) mass is 283 g/mol. The molecule has 0 fully saturated rings. The van der Waals surface area contributed by atoms with Gasteiger partial charge in [-0.2, -0.15) is 0 Å². The van der Waals surface area contributed by atoms with Gasteiger partial charge in [-0.3, -0.25) is 4.79 Å². The number of benzene rings is 1. The summed E-state index contributed by atoms with van der Waals surface area (Å²) >= 11 is 5.59. The highest BCUT2D eigenvalue weighted by Crippen LogP contribution is 2.24. The zero-order chi connectivity index (χ0) is 14.1. The number of carbonyl (C=O) groups excluding carboxylic acids is 1. The molecule has 1 aromatic rings. The van der Waals surface area contributed by atoms with Crippen molar-refractivity contribution in [2.24, 2.45) is 5.92 Å². The summed E-state index contributed by atoms with van der Waals surface area (Å²) in [6, 6.07) is 7.52. The largest absolute Gasteiger partial charge is 0.491 e. The van der Waals surface area contributed by atoms with Crippen LogP contribution in [0.25, 0.3) is 0 Å². The number of hydrogen-bond donors (Lipinski definition) is 1. The summed E-state index contributed by atoms with van der Waals surface area (Å²) in [4.78, 5) is 11.8. The van der Waals surface area contributed by atoms with Crippen LogP contribution in [0.2, 0.25) is 0 Å². The second-order valence-corrected chi connectivity index (χ2v) is 5.27. The van der Waals surface area contributed by atoms with Gasteiger partial charge in [-0.25, -0.2) is 0 Å². The predicted molar refractivity (Wildman–Crippen MR) is 80.0 cm³/mol. The van der Waals surface area contributed by atoms with E-state index in [1.54, 1.807) is 0 Å². The molecule has 0 spiro atoms. The molecule has 0 atom stereocenters. The Morgan fingerprint density at radius 1 is 1.32 bits per heavy atom. The fraction of sp³-hybridized carbons (Fsp3) is 0.533. The fourth-order valence-corrected chi connectivity index (χ4v) is 1.73. The third kappa shape index (κ3) is 6.48. The zero-order valence-corrected chi connectivity index (χ0v) is 12.4. The molecule has 0 saturated carbocycles. The lowest BCUT2D eigenvalue weighted by Crippen LogP contribution is -2.13. The maximum Gasteiger partial charge on any atom is 0.224 e. The van der Waals surface area contributed by atoms with E-state index < -0.39 is 0 Å². The molecule has 0 aliphatic heterocycles. The topological polar surface area (TPSA) is 38.3 Å². The van der Waals surface area contributed by atoms with Crippen molar-refractivity contribution in [3.63, 3.8) is 0 Å². The number of rotatable bonds is 8. The molecule has 4 heteroatoms. The third-order valence-electron chi connectivity index (χ3n) is 2.52. The Morgan fingerprint density at radius 3 is 2.74 bits per heavy atom. The van der Waals surface area contributed by atoms with Crippen LogP contribution in [0.3, 0.4) is 0 Å². The second-order valence-electron chi connectivity index (χ2n) is 4.90. The summed E-state index contributed by atoms with van der Waals surface area (Å²) in [5, 5.41) is 2.89. The summed E-state index contributed by atoms with van der Waals surface area (Å²) < 4.78 is 5.69. The molecule has 0 unspecified atom stereocenters. The normalized spacial score (nSPS) is 10.5. The van der Waals surface area contributed by atoms with E-state index in [0.717, 1.165) is 24.3 Å². The van der Waals surface area contributed by atoms with Crippen molar-refractivity contribution in [1.82, 2.24) is 0 Å². The highest BCUT2D eigenvalue weighted by atomic mass is 35.5. The van der Waals surface area contributed by atoms with E-state index in [-0.39, 0.29) is 5.91 Å². The molecule has 0 aliphatic carbocycles. The molecule has 3 nitrogen and oxygen atoms in total. The Morgan fingerprint density at radius 2 is 2.05 bits per heavy atom. The van der Waals surface area contributed by atoms with E-state index in [1.807, 2.05) is 24.3 Å². The second kappa shape index (κ2) is 8.81. The number of alkyl halides is 1. The van der Waals surface area contributed by atoms with Crippen molar-refractivity contribution in [2.75, 3.05) is 17.8 Å². The van der Waals surface area contributed by atoms with Crippen molar-refractivity contribution >= 4 is 23.2 Å². The van der Waals surface area contributed by atoms with E-state index in [9.17, 15) is 4.79 Å². The van der Waals surface area contributed by atoms with Crippen LogP contribution in [0.5, 0.6) is 5.75 Å². The average molecular weight is 284 g/mol. The van der Waals surface area contributed by atoms with E-state index in [1.165, 1.54) is 0 Å². The zero-order valence-electron chi connectivity index (χ0n) is 11.6. The Kier molecular flexibility index (Phi) is 7.34. The summed E-state index contributed by atoms with van der Waals surface area (Å²) in [6.45, 7) is 4.82. The first-order valence-electron chi connectivity index (χ1n) is 6.71. The van der Waals surface area contributed by atoms with Crippen LogP contribution in [-0.2, 0) is 4.79 Å². The first kappa shape index (κ1) is 15.8. The van der Waals surface area contributed by atoms with Gasteiger partial charge in [-0.15, -0.1) is 11.6 Å². The minimum absolute atomic E-state index is 0.00529. The molecular formula is C15H22ClNO2. The van der Waals surface area contributed by atoms with Crippen LogP contribution in [0.15, 0.2) is 24.3 Å². The number of carbonyl (C=O) groups is 1. The van der Waals surface area contributed by atoms with Gasteiger partial charge in [-0.05, 0) is 30.9 Å². The SMILES string of the molecule is CC(C)COc1ccccc1NC(=O)CCCCCl. The van der Waals surface area contributed by atoms with Crippen molar-refractivity contribution in [3.05, 3.63) is 24.3 Å². The van der Waals surface area contributed by atoms with E-state index in [4.69, 9.17) is 16.3 Å². The van der Waals surface area contributed by atoms with Gasteiger partial charge >= 0.3 is 0 Å². The van der Waals surface area contributed by atoms with Crippen LogP contribution < -0.4 is 10.1 Å². The van der Waals surface area contributed by atoms with Gasteiger partial charge in [0.15, 0.2) is 0 Å². The Labute approximate surface area is 120 Å². The van der Waals surface area contributed by atoms with Crippen LogP contribution in [0, 0.1) is 5.92 Å². The summed E-state index contributed by atoms with van der Waals surface area (Å²) in [5.41, 5.74) is 0.735. The van der Waals surface area contributed by atoms with Gasteiger partial charge < -0.3 is 10.1 Å². The van der Waals surface area contributed by atoms with Gasteiger partial charge in [0, 0.05) is 12.3 Å². The van der Waals surface area contributed by atoms with Crippen molar-refractivity contribution in [1.29, 1.82) is 0 Å². The molecule has 1 rings (SSSR count). The standard InChI is InChI=1S/C15H22ClNO2/c1-12(2)11-19-14-8-4-3-7-13(14)17-15(18)9-5-6-10-16/h3-4,7-8,12H,5-6,9-11H2,1-2H3,(H,17,18). The molecule has 0 heterocycles. The molecule has 0 bridgehead atoms. The van der Waals surface area contributed by atoms with Crippen LogP contribution in [0.1, 0.15) is 33.1 Å². The highest BCUT2D eigenvalue weighted by molar-refractivity contribution is 6.17. The van der Waals surface area contributed by atoms with Crippen molar-refractivity contribution < 1.29 is 9.53 Å². The summed E-state index contributed by atoms with van der Waals surface area (Å²) in [6.07, 6.45) is 2.16. The molecule has 0 aliphatic rings.